The van der Waals surface area contributed by atoms with Crippen molar-refractivity contribution in [1.82, 2.24) is 5.32 Å². The fraction of sp³-hybridized carbons (Fsp3) is 0.500. The third-order valence-electron chi connectivity index (χ3n) is 4.14. The minimum atomic E-state index is -1.07. The van der Waals surface area contributed by atoms with Gasteiger partial charge in [-0.25, -0.2) is 4.79 Å². The van der Waals surface area contributed by atoms with Crippen molar-refractivity contribution in [1.29, 1.82) is 0 Å². The Kier molecular flexibility index (Phi) is 4.42. The maximum atomic E-state index is 12.2. The van der Waals surface area contributed by atoms with E-state index in [0.717, 1.165) is 12.8 Å². The number of nitrogens with one attached hydrogen (secondary N) is 1. The maximum Gasteiger partial charge on any atom is 0.336 e. The predicted octanol–water partition coefficient (Wildman–Crippen LogP) is 3.09. The number of carbonyl (C=O) groups excluding carboxylic acids is 1. The highest BCUT2D eigenvalue weighted by molar-refractivity contribution is 6.04. The summed E-state index contributed by atoms with van der Waals surface area (Å²) < 4.78 is 0. The minimum Gasteiger partial charge on any atom is -0.478 e. The van der Waals surface area contributed by atoms with Crippen LogP contribution in [0.5, 0.6) is 0 Å². The summed E-state index contributed by atoms with van der Waals surface area (Å²) in [6, 6.07) is 6.33. The molecule has 108 valence electrons. The Morgan fingerprint density at radius 2 is 1.75 bits per heavy atom. The van der Waals surface area contributed by atoms with E-state index >= 15 is 0 Å². The van der Waals surface area contributed by atoms with E-state index in [0.29, 0.717) is 6.54 Å². The zero-order valence-corrected chi connectivity index (χ0v) is 11.8. The highest BCUT2D eigenvalue weighted by atomic mass is 16.4. The van der Waals surface area contributed by atoms with Gasteiger partial charge in [-0.2, -0.15) is 0 Å². The highest BCUT2D eigenvalue weighted by Gasteiger charge is 2.27. The smallest absolute Gasteiger partial charge is 0.336 e. The van der Waals surface area contributed by atoms with E-state index in [4.69, 9.17) is 5.11 Å². The fourth-order valence-electron chi connectivity index (χ4n) is 2.84. The molecule has 0 aliphatic heterocycles. The maximum absolute atomic E-state index is 12.2. The van der Waals surface area contributed by atoms with E-state index < -0.39 is 5.97 Å². The zero-order chi connectivity index (χ0) is 14.6. The Morgan fingerprint density at radius 3 is 2.35 bits per heavy atom. The van der Waals surface area contributed by atoms with Gasteiger partial charge >= 0.3 is 5.97 Å². The second-order valence-electron chi connectivity index (χ2n) is 5.90. The third-order valence-corrected chi connectivity index (χ3v) is 4.14. The highest BCUT2D eigenvalue weighted by Crippen LogP contribution is 2.34. The second kappa shape index (κ2) is 6.07. The lowest BCUT2D eigenvalue weighted by molar-refractivity contribution is 0.0690. The number of carboxylic acids is 1. The lowest BCUT2D eigenvalue weighted by Crippen LogP contribution is -2.37. The summed E-state index contributed by atoms with van der Waals surface area (Å²) in [7, 11) is 0. The average Bonchev–Trinajstić information content (AvgIpc) is 2.45. The summed E-state index contributed by atoms with van der Waals surface area (Å²) in [5, 5.41) is 12.0. The number of rotatable bonds is 4. The van der Waals surface area contributed by atoms with E-state index in [9.17, 15) is 9.59 Å². The number of benzene rings is 1. The quantitative estimate of drug-likeness (QED) is 0.887. The summed E-state index contributed by atoms with van der Waals surface area (Å²) >= 11 is 0. The van der Waals surface area contributed by atoms with Crippen LogP contribution in [0.25, 0.3) is 0 Å². The van der Waals surface area contributed by atoms with Gasteiger partial charge in [0.1, 0.15) is 0 Å². The van der Waals surface area contributed by atoms with Crippen molar-refractivity contribution in [3.05, 3.63) is 35.4 Å². The molecular formula is C16H21NO3. The average molecular weight is 275 g/mol. The van der Waals surface area contributed by atoms with Gasteiger partial charge in [0.15, 0.2) is 0 Å². The van der Waals surface area contributed by atoms with Gasteiger partial charge in [0.05, 0.1) is 11.1 Å². The SMILES string of the molecule is CC1(CNC(=O)c2ccccc2C(=O)O)CCCCC1. The first kappa shape index (κ1) is 14.6. The van der Waals surface area contributed by atoms with Gasteiger partial charge in [-0.1, -0.05) is 38.3 Å². The molecule has 0 spiro atoms. The third kappa shape index (κ3) is 3.38. The lowest BCUT2D eigenvalue weighted by atomic mass is 9.76. The van der Waals surface area contributed by atoms with Crippen LogP contribution in [0.4, 0.5) is 0 Å². The van der Waals surface area contributed by atoms with Crippen molar-refractivity contribution in [2.75, 3.05) is 6.54 Å². The molecule has 0 aromatic heterocycles. The number of carbonyl (C=O) groups is 2. The summed E-state index contributed by atoms with van der Waals surface area (Å²) in [5.74, 6) is -1.37. The van der Waals surface area contributed by atoms with Crippen molar-refractivity contribution in [3.8, 4) is 0 Å². The van der Waals surface area contributed by atoms with Crippen LogP contribution in [0.15, 0.2) is 24.3 Å². The number of hydrogen-bond acceptors (Lipinski definition) is 2. The van der Waals surface area contributed by atoms with Crippen LogP contribution in [0.1, 0.15) is 59.7 Å². The molecule has 1 aromatic carbocycles. The van der Waals surface area contributed by atoms with Crippen molar-refractivity contribution < 1.29 is 14.7 Å². The molecule has 0 unspecified atom stereocenters. The molecule has 0 saturated heterocycles. The van der Waals surface area contributed by atoms with E-state index in [2.05, 4.69) is 12.2 Å². The number of hydrogen-bond donors (Lipinski definition) is 2. The second-order valence-corrected chi connectivity index (χ2v) is 5.90. The zero-order valence-electron chi connectivity index (χ0n) is 11.8. The number of carboxylic acid groups (broad SMARTS) is 1. The normalized spacial score (nSPS) is 17.4. The Bertz CT molecular complexity index is 504. The molecule has 20 heavy (non-hydrogen) atoms. The molecule has 1 amide bonds. The van der Waals surface area contributed by atoms with Gasteiger partial charge in [0.25, 0.3) is 5.91 Å². The lowest BCUT2D eigenvalue weighted by Gasteiger charge is -2.33. The molecule has 0 radical (unpaired) electrons. The van der Waals surface area contributed by atoms with Crippen molar-refractivity contribution in [2.45, 2.75) is 39.0 Å². The molecule has 1 aliphatic carbocycles. The molecule has 1 fully saturated rings. The first-order valence-corrected chi connectivity index (χ1v) is 7.12. The molecule has 0 bridgehead atoms. The molecule has 4 heteroatoms. The molecule has 2 rings (SSSR count). The van der Waals surface area contributed by atoms with Gasteiger partial charge in [0.2, 0.25) is 0 Å². The molecule has 0 heterocycles. The van der Waals surface area contributed by atoms with Crippen LogP contribution in [0, 0.1) is 5.41 Å². The van der Waals surface area contributed by atoms with Crippen LogP contribution in [-0.4, -0.2) is 23.5 Å². The first-order chi connectivity index (χ1) is 9.52. The molecule has 4 nitrogen and oxygen atoms in total. The summed E-state index contributed by atoms with van der Waals surface area (Å²) in [6.45, 7) is 2.80. The Morgan fingerprint density at radius 1 is 1.15 bits per heavy atom. The van der Waals surface area contributed by atoms with Gasteiger partial charge < -0.3 is 10.4 Å². The summed E-state index contributed by atoms with van der Waals surface area (Å²) in [6.07, 6.45) is 5.92. The Labute approximate surface area is 119 Å². The van der Waals surface area contributed by atoms with Gasteiger partial charge in [-0.3, -0.25) is 4.79 Å². The molecule has 1 aliphatic rings. The van der Waals surface area contributed by atoms with Crippen LogP contribution in [0.3, 0.4) is 0 Å². The molecular weight excluding hydrogens is 254 g/mol. The Balaban J connectivity index is 2.03. The number of amides is 1. The van der Waals surface area contributed by atoms with Crippen molar-refractivity contribution in [2.24, 2.45) is 5.41 Å². The molecule has 1 saturated carbocycles. The van der Waals surface area contributed by atoms with Crippen molar-refractivity contribution in [3.63, 3.8) is 0 Å². The number of aromatic carboxylic acids is 1. The molecule has 1 aromatic rings. The first-order valence-electron chi connectivity index (χ1n) is 7.12. The van der Waals surface area contributed by atoms with E-state index in [1.807, 2.05) is 0 Å². The van der Waals surface area contributed by atoms with Crippen LogP contribution in [-0.2, 0) is 0 Å². The van der Waals surface area contributed by atoms with E-state index in [1.165, 1.54) is 25.3 Å². The predicted molar refractivity (Wildman–Crippen MR) is 76.9 cm³/mol. The molecule has 2 N–H and O–H groups in total. The van der Waals surface area contributed by atoms with E-state index in [-0.39, 0.29) is 22.4 Å². The molecule has 0 atom stereocenters. The van der Waals surface area contributed by atoms with Gasteiger partial charge in [-0.15, -0.1) is 0 Å². The van der Waals surface area contributed by atoms with Crippen LogP contribution < -0.4 is 5.32 Å². The van der Waals surface area contributed by atoms with Crippen molar-refractivity contribution >= 4 is 11.9 Å². The van der Waals surface area contributed by atoms with E-state index in [1.54, 1.807) is 18.2 Å². The Hall–Kier alpha value is -1.84. The summed E-state index contributed by atoms with van der Waals surface area (Å²) in [5.41, 5.74) is 0.435. The topological polar surface area (TPSA) is 66.4 Å². The van der Waals surface area contributed by atoms with Crippen LogP contribution >= 0.6 is 0 Å². The summed E-state index contributed by atoms with van der Waals surface area (Å²) in [4.78, 5) is 23.3. The van der Waals surface area contributed by atoms with Gasteiger partial charge in [-0.05, 0) is 30.4 Å². The standard InChI is InChI=1S/C16H21NO3/c1-16(9-5-2-6-10-16)11-17-14(18)12-7-3-4-8-13(12)15(19)20/h3-4,7-8H,2,5-6,9-11H2,1H3,(H,17,18)(H,19,20). The fourth-order valence-corrected chi connectivity index (χ4v) is 2.84. The van der Waals surface area contributed by atoms with Crippen LogP contribution in [0.2, 0.25) is 0 Å². The van der Waals surface area contributed by atoms with Gasteiger partial charge in [0, 0.05) is 6.54 Å². The largest absolute Gasteiger partial charge is 0.478 e. The monoisotopic (exact) mass is 275 g/mol. The minimum absolute atomic E-state index is 0.0544.